The number of carbonyl (C=O) groups excluding carboxylic acids is 2. The summed E-state index contributed by atoms with van der Waals surface area (Å²) in [6.45, 7) is 5.90. The third-order valence-electron chi connectivity index (χ3n) is 4.39. The van der Waals surface area contributed by atoms with E-state index >= 15 is 0 Å². The second kappa shape index (κ2) is 7.53. The van der Waals surface area contributed by atoms with Crippen LogP contribution < -0.4 is 5.32 Å². The first-order valence-electron chi connectivity index (χ1n) is 8.69. The monoisotopic (exact) mass is 362 g/mol. The van der Waals surface area contributed by atoms with Gasteiger partial charge in [0.05, 0.1) is 17.6 Å². The van der Waals surface area contributed by atoms with Crippen molar-refractivity contribution in [2.45, 2.75) is 20.8 Å². The summed E-state index contributed by atoms with van der Waals surface area (Å²) in [5.41, 5.74) is 5.79. The molecule has 2 aromatic carbocycles. The van der Waals surface area contributed by atoms with E-state index in [1.54, 1.807) is 37.6 Å². The van der Waals surface area contributed by atoms with Crippen LogP contribution in [0.3, 0.4) is 0 Å². The van der Waals surface area contributed by atoms with Gasteiger partial charge in [0.2, 0.25) is 5.91 Å². The van der Waals surface area contributed by atoms with Gasteiger partial charge in [0, 0.05) is 30.7 Å². The fourth-order valence-electron chi connectivity index (χ4n) is 3.16. The molecule has 0 fully saturated rings. The van der Waals surface area contributed by atoms with Crippen LogP contribution in [-0.4, -0.2) is 40.3 Å². The minimum Gasteiger partial charge on any atom is -0.332 e. The summed E-state index contributed by atoms with van der Waals surface area (Å²) in [6.07, 6.45) is 3.19. The van der Waals surface area contributed by atoms with Crippen LogP contribution in [-0.2, 0) is 4.79 Å². The average molecular weight is 362 g/mol. The molecule has 1 aromatic heterocycles. The van der Waals surface area contributed by atoms with E-state index in [2.05, 4.69) is 15.3 Å². The molecule has 27 heavy (non-hydrogen) atoms. The van der Waals surface area contributed by atoms with Crippen LogP contribution in [0.25, 0.3) is 11.0 Å². The third-order valence-corrected chi connectivity index (χ3v) is 4.39. The zero-order valence-electron chi connectivity index (χ0n) is 15.9. The first-order chi connectivity index (χ1) is 12.8. The molecule has 0 atom stereocenters. The molecule has 6 heteroatoms. The first kappa shape index (κ1) is 18.5. The number of hydrogen-bond donors (Lipinski definition) is 1. The van der Waals surface area contributed by atoms with Crippen LogP contribution in [0, 0.1) is 20.8 Å². The number of aryl methyl sites for hydroxylation is 3. The van der Waals surface area contributed by atoms with Crippen LogP contribution in [0.1, 0.15) is 27.0 Å². The van der Waals surface area contributed by atoms with E-state index < -0.39 is 0 Å². The Morgan fingerprint density at radius 1 is 0.963 bits per heavy atom. The van der Waals surface area contributed by atoms with Gasteiger partial charge < -0.3 is 10.2 Å². The molecular weight excluding hydrogens is 340 g/mol. The highest BCUT2D eigenvalue weighted by Crippen LogP contribution is 2.22. The zero-order valence-corrected chi connectivity index (χ0v) is 15.9. The number of rotatable bonds is 4. The lowest BCUT2D eigenvalue weighted by molar-refractivity contribution is -0.116. The topological polar surface area (TPSA) is 75.2 Å². The van der Waals surface area contributed by atoms with Crippen molar-refractivity contribution >= 4 is 28.5 Å². The number of aromatic nitrogens is 2. The van der Waals surface area contributed by atoms with Gasteiger partial charge in [-0.05, 0) is 50.1 Å². The van der Waals surface area contributed by atoms with Crippen LogP contribution in [0.2, 0.25) is 0 Å². The van der Waals surface area contributed by atoms with Crippen molar-refractivity contribution < 1.29 is 9.59 Å². The molecule has 0 aliphatic heterocycles. The van der Waals surface area contributed by atoms with Gasteiger partial charge >= 0.3 is 0 Å². The molecule has 0 radical (unpaired) electrons. The van der Waals surface area contributed by atoms with Gasteiger partial charge in [0.1, 0.15) is 0 Å². The summed E-state index contributed by atoms with van der Waals surface area (Å²) in [5.74, 6) is -0.475. The fourth-order valence-corrected chi connectivity index (χ4v) is 3.16. The van der Waals surface area contributed by atoms with Gasteiger partial charge in [-0.25, -0.2) is 0 Å². The Hall–Kier alpha value is -3.28. The second-order valence-corrected chi connectivity index (χ2v) is 6.74. The third kappa shape index (κ3) is 4.11. The standard InChI is InChI=1S/C21H22N4O2/c1-13-9-14(2)20(15(3)10-13)24-19(26)12-25(4)21(27)16-5-6-17-18(11-16)23-8-7-22-17/h5-11H,12H2,1-4H3,(H,24,26). The van der Waals surface area contributed by atoms with Crippen molar-refractivity contribution in [1.82, 2.24) is 14.9 Å². The highest BCUT2D eigenvalue weighted by atomic mass is 16.2. The van der Waals surface area contributed by atoms with Gasteiger partial charge in [-0.3, -0.25) is 19.6 Å². The molecule has 0 spiro atoms. The predicted octanol–water partition coefficient (Wildman–Crippen LogP) is 3.27. The van der Waals surface area contributed by atoms with E-state index in [4.69, 9.17) is 0 Å². The molecular formula is C21H22N4O2. The molecule has 3 rings (SSSR count). The number of carbonyl (C=O) groups is 2. The van der Waals surface area contributed by atoms with Crippen molar-refractivity contribution in [3.8, 4) is 0 Å². The Kier molecular flexibility index (Phi) is 5.16. The lowest BCUT2D eigenvalue weighted by Gasteiger charge is -2.18. The SMILES string of the molecule is Cc1cc(C)c(NC(=O)CN(C)C(=O)c2ccc3nccnc3c2)c(C)c1. The average Bonchev–Trinajstić information content (AvgIpc) is 2.63. The molecule has 0 saturated heterocycles. The highest BCUT2D eigenvalue weighted by molar-refractivity contribution is 6.01. The van der Waals surface area contributed by atoms with Gasteiger partial charge in [-0.15, -0.1) is 0 Å². The Morgan fingerprint density at radius 2 is 1.59 bits per heavy atom. The summed E-state index contributed by atoms with van der Waals surface area (Å²) in [6, 6.07) is 9.18. The summed E-state index contributed by atoms with van der Waals surface area (Å²) >= 11 is 0. The van der Waals surface area contributed by atoms with Crippen molar-refractivity contribution in [1.29, 1.82) is 0 Å². The lowest BCUT2D eigenvalue weighted by atomic mass is 10.1. The Labute approximate surface area is 158 Å². The molecule has 138 valence electrons. The van der Waals surface area contributed by atoms with Crippen molar-refractivity contribution in [2.24, 2.45) is 0 Å². The van der Waals surface area contributed by atoms with Crippen LogP contribution in [0.4, 0.5) is 5.69 Å². The molecule has 6 nitrogen and oxygen atoms in total. The molecule has 3 aromatic rings. The molecule has 0 unspecified atom stereocenters. The van der Waals surface area contributed by atoms with E-state index in [-0.39, 0.29) is 18.4 Å². The maximum absolute atomic E-state index is 12.7. The number of likely N-dealkylation sites (N-methyl/N-ethyl adjacent to an activating group) is 1. The van der Waals surface area contributed by atoms with Gasteiger partial charge in [-0.1, -0.05) is 17.7 Å². The van der Waals surface area contributed by atoms with Crippen molar-refractivity contribution in [2.75, 3.05) is 18.9 Å². The summed E-state index contributed by atoms with van der Waals surface area (Å²) < 4.78 is 0. The van der Waals surface area contributed by atoms with E-state index in [0.717, 1.165) is 27.9 Å². The predicted molar refractivity (Wildman–Crippen MR) is 106 cm³/mol. The maximum atomic E-state index is 12.7. The molecule has 0 bridgehead atoms. The highest BCUT2D eigenvalue weighted by Gasteiger charge is 2.17. The molecule has 1 N–H and O–H groups in total. The number of nitrogens with one attached hydrogen (secondary N) is 1. The first-order valence-corrected chi connectivity index (χ1v) is 8.69. The molecule has 0 aliphatic rings. The quantitative estimate of drug-likeness (QED) is 0.773. The van der Waals surface area contributed by atoms with E-state index in [1.165, 1.54) is 4.90 Å². The summed E-state index contributed by atoms with van der Waals surface area (Å²) in [4.78, 5) is 34.9. The number of hydrogen-bond acceptors (Lipinski definition) is 4. The van der Waals surface area contributed by atoms with E-state index in [1.807, 2.05) is 32.9 Å². The summed E-state index contributed by atoms with van der Waals surface area (Å²) in [5, 5.41) is 2.92. The number of nitrogens with zero attached hydrogens (tertiary/aromatic N) is 3. The number of amides is 2. The minimum atomic E-state index is -0.241. The lowest BCUT2D eigenvalue weighted by Crippen LogP contribution is -2.35. The number of benzene rings is 2. The largest absolute Gasteiger partial charge is 0.332 e. The summed E-state index contributed by atoms with van der Waals surface area (Å²) in [7, 11) is 1.61. The van der Waals surface area contributed by atoms with Crippen molar-refractivity contribution in [3.05, 3.63) is 65.0 Å². The van der Waals surface area contributed by atoms with Gasteiger partial charge in [0.15, 0.2) is 0 Å². The molecule has 1 heterocycles. The number of anilines is 1. The van der Waals surface area contributed by atoms with Crippen LogP contribution >= 0.6 is 0 Å². The van der Waals surface area contributed by atoms with Crippen molar-refractivity contribution in [3.63, 3.8) is 0 Å². The smallest absolute Gasteiger partial charge is 0.254 e. The maximum Gasteiger partial charge on any atom is 0.254 e. The Balaban J connectivity index is 1.71. The van der Waals surface area contributed by atoms with Crippen LogP contribution in [0.5, 0.6) is 0 Å². The Bertz CT molecular complexity index is 1010. The van der Waals surface area contributed by atoms with E-state index in [9.17, 15) is 9.59 Å². The second-order valence-electron chi connectivity index (χ2n) is 6.74. The van der Waals surface area contributed by atoms with E-state index in [0.29, 0.717) is 11.1 Å². The van der Waals surface area contributed by atoms with Gasteiger partial charge in [-0.2, -0.15) is 0 Å². The number of fused-ring (bicyclic) bond motifs is 1. The van der Waals surface area contributed by atoms with Crippen LogP contribution in [0.15, 0.2) is 42.7 Å². The molecule has 2 amide bonds. The fraction of sp³-hybridized carbons (Fsp3) is 0.238. The Morgan fingerprint density at radius 3 is 2.26 bits per heavy atom. The molecule has 0 aliphatic carbocycles. The normalized spacial score (nSPS) is 10.7. The molecule has 0 saturated carbocycles. The zero-order chi connectivity index (χ0) is 19.6. The minimum absolute atomic E-state index is 0.0376. The van der Waals surface area contributed by atoms with Gasteiger partial charge in [0.25, 0.3) is 5.91 Å².